The molecule has 0 aliphatic carbocycles. The van der Waals surface area contributed by atoms with Gasteiger partial charge in [-0.15, -0.1) is 11.3 Å². The van der Waals surface area contributed by atoms with Crippen molar-refractivity contribution in [3.63, 3.8) is 0 Å². The number of benzene rings is 1. The number of nitriles is 1. The van der Waals surface area contributed by atoms with Crippen molar-refractivity contribution in [2.45, 2.75) is 6.61 Å². The smallest absolute Gasteiger partial charge is 0.231 e. The first-order valence-corrected chi connectivity index (χ1v) is 8.16. The molecule has 0 bridgehead atoms. The van der Waals surface area contributed by atoms with Crippen LogP contribution in [0, 0.1) is 11.3 Å². The van der Waals surface area contributed by atoms with E-state index in [-0.39, 0.29) is 6.79 Å². The van der Waals surface area contributed by atoms with Crippen LogP contribution >= 0.6 is 11.3 Å². The second-order valence-corrected chi connectivity index (χ2v) is 5.98. The van der Waals surface area contributed by atoms with E-state index in [4.69, 9.17) is 14.2 Å². The van der Waals surface area contributed by atoms with Crippen LogP contribution in [0.3, 0.4) is 0 Å². The van der Waals surface area contributed by atoms with Gasteiger partial charge in [0.25, 0.3) is 0 Å². The Kier molecular flexibility index (Phi) is 3.77. The summed E-state index contributed by atoms with van der Waals surface area (Å²) in [4.78, 5) is 3.98. The van der Waals surface area contributed by atoms with E-state index in [1.807, 2.05) is 35.7 Å². The molecule has 0 saturated heterocycles. The topological polar surface area (TPSA) is 64.4 Å². The molecule has 0 N–H and O–H groups in total. The molecule has 0 radical (unpaired) electrons. The van der Waals surface area contributed by atoms with Crippen LogP contribution in [0.2, 0.25) is 0 Å². The van der Waals surface area contributed by atoms with Gasteiger partial charge in [0.15, 0.2) is 16.6 Å². The summed E-state index contributed by atoms with van der Waals surface area (Å²) < 4.78 is 16.6. The van der Waals surface area contributed by atoms with Gasteiger partial charge in [-0.05, 0) is 35.4 Å². The number of ether oxygens (including phenoxy) is 3. The predicted molar refractivity (Wildman–Crippen MR) is 89.2 cm³/mol. The van der Waals surface area contributed by atoms with Gasteiger partial charge in [0.05, 0.1) is 0 Å². The number of thiophene rings is 1. The van der Waals surface area contributed by atoms with Gasteiger partial charge in [-0.25, -0.2) is 0 Å². The summed E-state index contributed by atoms with van der Waals surface area (Å²) in [6, 6.07) is 11.7. The highest BCUT2D eigenvalue weighted by Gasteiger charge is 2.18. The van der Waals surface area contributed by atoms with E-state index in [2.05, 4.69) is 11.1 Å². The van der Waals surface area contributed by atoms with Crippen molar-refractivity contribution < 1.29 is 14.2 Å². The lowest BCUT2D eigenvalue weighted by molar-refractivity contribution is 0.174. The van der Waals surface area contributed by atoms with E-state index < -0.39 is 0 Å². The van der Waals surface area contributed by atoms with E-state index in [1.165, 1.54) is 11.3 Å². The minimum atomic E-state index is 0.230. The number of hydrogen-bond acceptors (Lipinski definition) is 6. The Labute approximate surface area is 142 Å². The largest absolute Gasteiger partial charge is 0.478 e. The number of pyridine rings is 1. The molecule has 1 aliphatic heterocycles. The molecule has 3 aromatic rings. The molecule has 4 rings (SSSR count). The van der Waals surface area contributed by atoms with Crippen molar-refractivity contribution in [2.24, 2.45) is 0 Å². The molecular formula is C18H12N2O3S. The second kappa shape index (κ2) is 6.22. The van der Waals surface area contributed by atoms with E-state index in [9.17, 15) is 5.26 Å². The quantitative estimate of drug-likeness (QED) is 0.721. The lowest BCUT2D eigenvalue weighted by atomic mass is 10.0. The Hall–Kier alpha value is -3.04. The fraction of sp³-hybridized carbons (Fsp3) is 0.111. The average molecular weight is 336 g/mol. The lowest BCUT2D eigenvalue weighted by Gasteiger charge is -2.05. The molecule has 5 nitrogen and oxygen atoms in total. The minimum absolute atomic E-state index is 0.230. The molecule has 0 amide bonds. The van der Waals surface area contributed by atoms with E-state index in [0.29, 0.717) is 23.0 Å². The fourth-order valence-electron chi connectivity index (χ4n) is 2.46. The molecule has 0 fully saturated rings. The summed E-state index contributed by atoms with van der Waals surface area (Å²) >= 11 is 1.42. The maximum absolute atomic E-state index is 9.55. The van der Waals surface area contributed by atoms with Gasteiger partial charge in [0, 0.05) is 23.3 Å². The maximum Gasteiger partial charge on any atom is 0.231 e. The fourth-order valence-corrected chi connectivity index (χ4v) is 3.34. The van der Waals surface area contributed by atoms with Crippen molar-refractivity contribution in [1.82, 2.24) is 4.98 Å². The summed E-state index contributed by atoms with van der Waals surface area (Å²) in [5, 5.41) is 12.1. The van der Waals surface area contributed by atoms with Crippen molar-refractivity contribution in [1.29, 1.82) is 5.26 Å². The van der Waals surface area contributed by atoms with Crippen LogP contribution in [0.1, 0.15) is 11.1 Å². The summed E-state index contributed by atoms with van der Waals surface area (Å²) in [6.07, 6.45) is 3.44. The summed E-state index contributed by atoms with van der Waals surface area (Å²) in [5.41, 5.74) is 3.29. The van der Waals surface area contributed by atoms with Gasteiger partial charge in [0.2, 0.25) is 6.79 Å². The Morgan fingerprint density at radius 3 is 2.83 bits per heavy atom. The van der Waals surface area contributed by atoms with Gasteiger partial charge in [-0.3, -0.25) is 4.98 Å². The Morgan fingerprint density at radius 2 is 2.00 bits per heavy atom. The highest BCUT2D eigenvalue weighted by molar-refractivity contribution is 7.12. The molecule has 3 heterocycles. The van der Waals surface area contributed by atoms with Crippen LogP contribution in [0.5, 0.6) is 16.6 Å². The van der Waals surface area contributed by atoms with Crippen molar-refractivity contribution in [2.75, 3.05) is 6.79 Å². The van der Waals surface area contributed by atoms with Gasteiger partial charge in [-0.1, -0.05) is 6.07 Å². The summed E-state index contributed by atoms with van der Waals surface area (Å²) in [7, 11) is 0. The van der Waals surface area contributed by atoms with Crippen molar-refractivity contribution in [3.05, 3.63) is 59.2 Å². The van der Waals surface area contributed by atoms with Crippen LogP contribution in [-0.4, -0.2) is 11.8 Å². The van der Waals surface area contributed by atoms with Crippen molar-refractivity contribution >= 4 is 11.3 Å². The van der Waals surface area contributed by atoms with E-state index >= 15 is 0 Å². The number of rotatable bonds is 4. The average Bonchev–Trinajstić information content (AvgIpc) is 3.26. The Morgan fingerprint density at radius 1 is 1.17 bits per heavy atom. The lowest BCUT2D eigenvalue weighted by Crippen LogP contribution is -1.95. The van der Waals surface area contributed by atoms with Crippen LogP contribution in [0.25, 0.3) is 11.1 Å². The minimum Gasteiger partial charge on any atom is -0.478 e. The van der Waals surface area contributed by atoms with Crippen LogP contribution in [0.15, 0.2) is 48.1 Å². The first kappa shape index (κ1) is 14.5. The van der Waals surface area contributed by atoms with Crippen LogP contribution in [0.4, 0.5) is 0 Å². The summed E-state index contributed by atoms with van der Waals surface area (Å²) in [5.74, 6) is 1.42. The number of aromatic nitrogens is 1. The van der Waals surface area contributed by atoms with Gasteiger partial charge in [0.1, 0.15) is 18.2 Å². The van der Waals surface area contributed by atoms with Crippen LogP contribution < -0.4 is 14.2 Å². The highest BCUT2D eigenvalue weighted by Crippen LogP contribution is 2.41. The Bertz CT molecular complexity index is 916. The molecule has 118 valence electrons. The molecule has 0 unspecified atom stereocenters. The first-order chi connectivity index (χ1) is 11.8. The third-order valence-corrected chi connectivity index (χ3v) is 4.56. The maximum atomic E-state index is 9.55. The van der Waals surface area contributed by atoms with Gasteiger partial charge in [-0.2, -0.15) is 5.26 Å². The van der Waals surface area contributed by atoms with E-state index in [1.54, 1.807) is 12.4 Å². The van der Waals surface area contributed by atoms with Crippen LogP contribution in [-0.2, 0) is 6.61 Å². The zero-order valence-electron chi connectivity index (χ0n) is 12.6. The predicted octanol–water partition coefficient (Wildman–Crippen LogP) is 3.99. The van der Waals surface area contributed by atoms with Gasteiger partial charge >= 0.3 is 0 Å². The molecular weight excluding hydrogens is 324 g/mol. The number of fused-ring (bicyclic) bond motifs is 1. The monoisotopic (exact) mass is 336 g/mol. The van der Waals surface area contributed by atoms with Gasteiger partial charge < -0.3 is 14.2 Å². The van der Waals surface area contributed by atoms with E-state index in [0.717, 1.165) is 22.4 Å². The third-order valence-electron chi connectivity index (χ3n) is 3.67. The number of nitrogens with zero attached hydrogens (tertiary/aromatic N) is 2. The molecule has 6 heteroatoms. The molecule has 0 atom stereocenters. The third kappa shape index (κ3) is 2.66. The molecule has 1 aromatic carbocycles. The first-order valence-electron chi connectivity index (χ1n) is 7.28. The molecule has 24 heavy (non-hydrogen) atoms. The standard InChI is InChI=1S/C18H12N2O3S/c19-8-14-15(13-1-2-16-17(7-13)23-11-22-16)10-24-18(14)21-9-12-3-5-20-6-4-12/h1-7,10H,9,11H2. The normalized spacial score (nSPS) is 12.0. The zero-order valence-corrected chi connectivity index (χ0v) is 13.4. The molecule has 0 saturated carbocycles. The summed E-state index contributed by atoms with van der Waals surface area (Å²) in [6.45, 7) is 0.631. The number of hydrogen-bond donors (Lipinski definition) is 0. The SMILES string of the molecule is N#Cc1c(-c2ccc3c(c2)OCO3)csc1OCc1ccncc1. The molecule has 1 aliphatic rings. The zero-order chi connectivity index (χ0) is 16.4. The highest BCUT2D eigenvalue weighted by atomic mass is 32.1. The molecule has 2 aromatic heterocycles. The van der Waals surface area contributed by atoms with Crippen molar-refractivity contribution in [3.8, 4) is 33.8 Å². The Balaban J connectivity index is 1.61. The molecule has 0 spiro atoms. The second-order valence-electron chi connectivity index (χ2n) is 5.14.